The third kappa shape index (κ3) is 3.39. The minimum atomic E-state index is -0.135. The first-order valence-electron chi connectivity index (χ1n) is 5.14. The molecule has 2 aliphatic rings. The quantitative estimate of drug-likeness (QED) is 0.581. The molecule has 0 radical (unpaired) electrons. The molecule has 1 heterocycles. The maximum absolute atomic E-state index is 11.5. The Hall–Kier alpha value is -0.750. The maximum atomic E-state index is 11.5. The summed E-state index contributed by atoms with van der Waals surface area (Å²) in [5, 5.41) is 8.50. The Morgan fingerprint density at radius 3 is 2.80 bits per heavy atom. The molecule has 1 aliphatic heterocycles. The highest BCUT2D eigenvalue weighted by molar-refractivity contribution is 7.99. The highest BCUT2D eigenvalue weighted by atomic mass is 32.2. The summed E-state index contributed by atoms with van der Waals surface area (Å²) < 4.78 is 0. The van der Waals surface area contributed by atoms with E-state index in [9.17, 15) is 9.59 Å². The van der Waals surface area contributed by atoms with Crippen LogP contribution in [0.25, 0.3) is 0 Å². The van der Waals surface area contributed by atoms with Gasteiger partial charge < -0.3 is 10.6 Å². The Kier molecular flexibility index (Phi) is 3.48. The Balaban J connectivity index is 1.62. The minimum Gasteiger partial charge on any atom is -0.352 e. The van der Waals surface area contributed by atoms with Crippen LogP contribution < -0.4 is 16.0 Å². The second-order valence-corrected chi connectivity index (χ2v) is 4.86. The van der Waals surface area contributed by atoms with Crippen LogP contribution in [0.2, 0.25) is 0 Å². The molecule has 1 unspecified atom stereocenters. The lowest BCUT2D eigenvalue weighted by atomic mass is 10.3. The van der Waals surface area contributed by atoms with Crippen LogP contribution in [0.5, 0.6) is 0 Å². The van der Waals surface area contributed by atoms with Crippen molar-refractivity contribution in [3.05, 3.63) is 0 Å². The van der Waals surface area contributed by atoms with Gasteiger partial charge in [0.2, 0.25) is 11.8 Å². The molecule has 6 heteroatoms. The number of carbonyl (C=O) groups is 2. The normalized spacial score (nSPS) is 24.9. The number of rotatable bonds is 4. The van der Waals surface area contributed by atoms with Crippen LogP contribution in [0.1, 0.15) is 12.8 Å². The number of hydrogen-bond acceptors (Lipinski definition) is 4. The van der Waals surface area contributed by atoms with Crippen molar-refractivity contribution in [3.8, 4) is 0 Å². The van der Waals surface area contributed by atoms with Gasteiger partial charge in [0, 0.05) is 17.7 Å². The van der Waals surface area contributed by atoms with E-state index in [2.05, 4.69) is 16.0 Å². The van der Waals surface area contributed by atoms with E-state index in [1.54, 1.807) is 11.8 Å². The highest BCUT2D eigenvalue weighted by Gasteiger charge is 2.25. The molecule has 0 aromatic heterocycles. The van der Waals surface area contributed by atoms with Crippen molar-refractivity contribution in [2.24, 2.45) is 0 Å². The maximum Gasteiger partial charge on any atom is 0.239 e. The largest absolute Gasteiger partial charge is 0.352 e. The number of carbonyl (C=O) groups excluding carboxylic acids is 2. The number of hydrogen-bond donors (Lipinski definition) is 3. The molecular formula is C9H15N3O2S. The van der Waals surface area contributed by atoms with Crippen LogP contribution in [0.3, 0.4) is 0 Å². The van der Waals surface area contributed by atoms with E-state index >= 15 is 0 Å². The smallest absolute Gasteiger partial charge is 0.239 e. The van der Waals surface area contributed by atoms with Gasteiger partial charge in [-0.3, -0.25) is 14.9 Å². The average molecular weight is 229 g/mol. The zero-order valence-corrected chi connectivity index (χ0v) is 9.23. The zero-order chi connectivity index (χ0) is 10.7. The van der Waals surface area contributed by atoms with Crippen LogP contribution >= 0.6 is 11.8 Å². The van der Waals surface area contributed by atoms with Crippen LogP contribution in [-0.2, 0) is 9.59 Å². The summed E-state index contributed by atoms with van der Waals surface area (Å²) in [5.74, 6) is 1.44. The predicted octanol–water partition coefficient (Wildman–Crippen LogP) is -0.956. The Bertz CT molecular complexity index is 262. The standard InChI is InChI=1S/C9H15N3O2S/c13-8(12-6-1-2-6)3-10-9(14)7-4-15-5-11-7/h6-7,11H,1-5H2,(H,10,14)(H,12,13). The van der Waals surface area contributed by atoms with Crippen molar-refractivity contribution in [2.45, 2.75) is 24.9 Å². The number of nitrogens with one attached hydrogen (secondary N) is 3. The Morgan fingerprint density at radius 1 is 1.40 bits per heavy atom. The van der Waals surface area contributed by atoms with Crippen molar-refractivity contribution in [3.63, 3.8) is 0 Å². The molecule has 1 aliphatic carbocycles. The second kappa shape index (κ2) is 4.85. The van der Waals surface area contributed by atoms with Crippen molar-refractivity contribution in [1.29, 1.82) is 0 Å². The first kappa shape index (κ1) is 10.8. The van der Waals surface area contributed by atoms with Gasteiger partial charge in [0.25, 0.3) is 0 Å². The van der Waals surface area contributed by atoms with Gasteiger partial charge in [0.1, 0.15) is 0 Å². The first-order chi connectivity index (χ1) is 7.25. The summed E-state index contributed by atoms with van der Waals surface area (Å²) in [5.41, 5.74) is 0. The fraction of sp³-hybridized carbons (Fsp3) is 0.778. The molecule has 5 nitrogen and oxygen atoms in total. The van der Waals surface area contributed by atoms with Crippen molar-refractivity contribution < 1.29 is 9.59 Å². The molecule has 84 valence electrons. The van der Waals surface area contributed by atoms with Gasteiger partial charge in [-0.25, -0.2) is 0 Å². The monoisotopic (exact) mass is 229 g/mol. The third-order valence-corrected chi connectivity index (χ3v) is 3.34. The van der Waals surface area contributed by atoms with Crippen LogP contribution in [-0.4, -0.2) is 42.1 Å². The van der Waals surface area contributed by atoms with Crippen LogP contribution in [0, 0.1) is 0 Å². The van der Waals surface area contributed by atoms with Crippen LogP contribution in [0.15, 0.2) is 0 Å². The lowest BCUT2D eigenvalue weighted by Gasteiger charge is -2.10. The summed E-state index contributed by atoms with van der Waals surface area (Å²) in [6.07, 6.45) is 2.14. The first-order valence-corrected chi connectivity index (χ1v) is 6.29. The van der Waals surface area contributed by atoms with E-state index in [4.69, 9.17) is 0 Å². The molecule has 0 bridgehead atoms. The van der Waals surface area contributed by atoms with Gasteiger partial charge in [-0.1, -0.05) is 0 Å². The van der Waals surface area contributed by atoms with Gasteiger partial charge in [-0.05, 0) is 12.8 Å². The summed E-state index contributed by atoms with van der Waals surface area (Å²) in [6.45, 7) is 0.0954. The molecule has 0 aromatic carbocycles. The van der Waals surface area contributed by atoms with E-state index < -0.39 is 0 Å². The summed E-state index contributed by atoms with van der Waals surface area (Å²) >= 11 is 1.69. The predicted molar refractivity (Wildman–Crippen MR) is 58.4 cm³/mol. The summed E-state index contributed by atoms with van der Waals surface area (Å²) in [6, 6.07) is 0.221. The molecule has 2 rings (SSSR count). The fourth-order valence-electron chi connectivity index (χ4n) is 1.36. The van der Waals surface area contributed by atoms with E-state index in [0.717, 1.165) is 24.5 Å². The summed E-state index contributed by atoms with van der Waals surface area (Å²) in [4.78, 5) is 22.7. The van der Waals surface area contributed by atoms with Gasteiger partial charge >= 0.3 is 0 Å². The van der Waals surface area contributed by atoms with E-state index in [1.165, 1.54) is 0 Å². The van der Waals surface area contributed by atoms with E-state index in [-0.39, 0.29) is 24.4 Å². The van der Waals surface area contributed by atoms with Crippen molar-refractivity contribution in [2.75, 3.05) is 18.2 Å². The second-order valence-electron chi connectivity index (χ2n) is 3.83. The number of amides is 2. The van der Waals surface area contributed by atoms with Gasteiger partial charge in [0.15, 0.2) is 0 Å². The number of thioether (sulfide) groups is 1. The van der Waals surface area contributed by atoms with E-state index in [1.807, 2.05) is 0 Å². The molecule has 3 N–H and O–H groups in total. The average Bonchev–Trinajstić information content (AvgIpc) is 2.86. The third-order valence-electron chi connectivity index (χ3n) is 2.40. The van der Waals surface area contributed by atoms with Gasteiger partial charge in [-0.15, -0.1) is 11.8 Å². The molecule has 0 spiro atoms. The lowest BCUT2D eigenvalue weighted by molar-refractivity contribution is -0.126. The fourth-order valence-corrected chi connectivity index (χ4v) is 2.30. The van der Waals surface area contributed by atoms with E-state index in [0.29, 0.717) is 6.04 Å². The lowest BCUT2D eigenvalue weighted by Crippen LogP contribution is -2.46. The molecule has 2 amide bonds. The molecule has 1 saturated carbocycles. The van der Waals surface area contributed by atoms with Gasteiger partial charge in [-0.2, -0.15) is 0 Å². The zero-order valence-electron chi connectivity index (χ0n) is 8.41. The van der Waals surface area contributed by atoms with Crippen molar-refractivity contribution >= 4 is 23.6 Å². The topological polar surface area (TPSA) is 70.2 Å². The van der Waals surface area contributed by atoms with Gasteiger partial charge in [0.05, 0.1) is 12.6 Å². The Morgan fingerprint density at radius 2 is 2.20 bits per heavy atom. The summed E-state index contributed by atoms with van der Waals surface area (Å²) in [7, 11) is 0. The molecule has 2 fully saturated rings. The molecule has 1 atom stereocenters. The molecular weight excluding hydrogens is 214 g/mol. The highest BCUT2D eigenvalue weighted by Crippen LogP contribution is 2.18. The molecule has 15 heavy (non-hydrogen) atoms. The van der Waals surface area contributed by atoms with Crippen LogP contribution in [0.4, 0.5) is 0 Å². The minimum absolute atomic E-state index is 0.0778. The van der Waals surface area contributed by atoms with Crippen molar-refractivity contribution in [1.82, 2.24) is 16.0 Å². The SMILES string of the molecule is O=C(CNC(=O)C1CSCN1)NC1CC1. The Labute approximate surface area is 92.7 Å². The molecule has 1 saturated heterocycles. The molecule has 0 aromatic rings.